The lowest BCUT2D eigenvalue weighted by Gasteiger charge is -2.26. The lowest BCUT2D eigenvalue weighted by Crippen LogP contribution is -2.35. The normalized spacial score (nSPS) is 20.3. The Morgan fingerprint density at radius 1 is 1.20 bits per heavy atom. The maximum atomic E-state index is 12.5. The van der Waals surface area contributed by atoms with Crippen molar-refractivity contribution in [3.8, 4) is 0 Å². The quantitative estimate of drug-likeness (QED) is 0.896. The first-order valence-corrected chi connectivity index (χ1v) is 7.88. The number of benzene rings is 1. The molecule has 1 aromatic rings. The molecule has 3 rings (SSSR count). The van der Waals surface area contributed by atoms with Crippen LogP contribution < -0.4 is 5.32 Å². The minimum Gasteiger partial charge on any atom is -0.338 e. The van der Waals surface area contributed by atoms with E-state index in [1.807, 2.05) is 0 Å². The molecule has 1 saturated heterocycles. The monoisotopic (exact) mass is 272 g/mol. The van der Waals surface area contributed by atoms with Crippen LogP contribution in [0.2, 0.25) is 0 Å². The smallest absolute Gasteiger partial charge is 0.223 e. The third kappa shape index (κ3) is 3.21. The molecule has 108 valence electrons. The number of amides is 1. The molecule has 1 N–H and O–H groups in total. The molecule has 0 bridgehead atoms. The van der Waals surface area contributed by atoms with Crippen molar-refractivity contribution in [1.82, 2.24) is 10.2 Å². The Kier molecular flexibility index (Phi) is 4.36. The Morgan fingerprint density at radius 3 is 2.75 bits per heavy atom. The Balaban J connectivity index is 1.63. The molecule has 1 aromatic carbocycles. The standard InChI is InChI=1S/C17H24N2O/c20-17(12-14-7-9-18-10-8-14)19-11-3-6-15-4-1-2-5-16(15)13-19/h1-2,4-5,14,18H,3,6-13H2. The van der Waals surface area contributed by atoms with Gasteiger partial charge in [0.25, 0.3) is 0 Å². The SMILES string of the molecule is O=C(CC1CCNCC1)N1CCCc2ccccc2C1. The number of piperidine rings is 1. The first-order chi connectivity index (χ1) is 9.83. The molecule has 2 aliphatic rings. The van der Waals surface area contributed by atoms with Crippen LogP contribution in [0.1, 0.15) is 36.8 Å². The highest BCUT2D eigenvalue weighted by molar-refractivity contribution is 5.76. The molecule has 3 nitrogen and oxygen atoms in total. The van der Waals surface area contributed by atoms with Gasteiger partial charge < -0.3 is 10.2 Å². The topological polar surface area (TPSA) is 32.3 Å². The summed E-state index contributed by atoms with van der Waals surface area (Å²) in [7, 11) is 0. The Labute approximate surface area is 121 Å². The van der Waals surface area contributed by atoms with E-state index in [1.54, 1.807) is 0 Å². The third-order valence-electron chi connectivity index (χ3n) is 4.63. The molecule has 0 aromatic heterocycles. The molecule has 0 unspecified atom stereocenters. The van der Waals surface area contributed by atoms with Crippen molar-refractivity contribution >= 4 is 5.91 Å². The molecule has 2 heterocycles. The molecular formula is C17H24N2O. The number of nitrogens with one attached hydrogen (secondary N) is 1. The first kappa shape index (κ1) is 13.6. The minimum atomic E-state index is 0.355. The number of hydrogen-bond donors (Lipinski definition) is 1. The number of carbonyl (C=O) groups is 1. The average molecular weight is 272 g/mol. The van der Waals surface area contributed by atoms with Crippen LogP contribution in [0.3, 0.4) is 0 Å². The van der Waals surface area contributed by atoms with Crippen LogP contribution >= 0.6 is 0 Å². The number of hydrogen-bond acceptors (Lipinski definition) is 2. The van der Waals surface area contributed by atoms with Crippen molar-refractivity contribution in [2.45, 2.75) is 38.6 Å². The fourth-order valence-electron chi connectivity index (χ4n) is 3.38. The van der Waals surface area contributed by atoms with Crippen LogP contribution in [0.5, 0.6) is 0 Å². The molecule has 0 atom stereocenters. The minimum absolute atomic E-state index is 0.355. The predicted molar refractivity (Wildman–Crippen MR) is 80.4 cm³/mol. The summed E-state index contributed by atoms with van der Waals surface area (Å²) in [6, 6.07) is 8.56. The molecule has 0 saturated carbocycles. The van der Waals surface area contributed by atoms with E-state index in [0.717, 1.165) is 58.3 Å². The van der Waals surface area contributed by atoms with Crippen LogP contribution in [-0.4, -0.2) is 30.4 Å². The maximum absolute atomic E-state index is 12.5. The van der Waals surface area contributed by atoms with Crippen molar-refractivity contribution in [2.24, 2.45) is 5.92 Å². The summed E-state index contributed by atoms with van der Waals surface area (Å²) < 4.78 is 0. The number of rotatable bonds is 2. The Hall–Kier alpha value is -1.35. The number of nitrogens with zero attached hydrogens (tertiary/aromatic N) is 1. The van der Waals surface area contributed by atoms with Crippen LogP contribution in [-0.2, 0) is 17.8 Å². The zero-order valence-corrected chi connectivity index (χ0v) is 12.1. The fraction of sp³-hybridized carbons (Fsp3) is 0.588. The van der Waals surface area contributed by atoms with Crippen molar-refractivity contribution in [2.75, 3.05) is 19.6 Å². The van der Waals surface area contributed by atoms with Gasteiger partial charge in [0.1, 0.15) is 0 Å². The van der Waals surface area contributed by atoms with Crippen LogP contribution in [0.15, 0.2) is 24.3 Å². The summed E-state index contributed by atoms with van der Waals surface area (Å²) in [4.78, 5) is 14.6. The van der Waals surface area contributed by atoms with Crippen LogP contribution in [0.25, 0.3) is 0 Å². The van der Waals surface area contributed by atoms with E-state index in [-0.39, 0.29) is 0 Å². The van der Waals surface area contributed by atoms with Gasteiger partial charge in [-0.05, 0) is 55.8 Å². The molecule has 0 radical (unpaired) electrons. The summed E-state index contributed by atoms with van der Waals surface area (Å²) in [5.41, 5.74) is 2.76. The molecule has 1 fully saturated rings. The average Bonchev–Trinajstić information content (AvgIpc) is 2.70. The lowest BCUT2D eigenvalue weighted by atomic mass is 9.94. The molecule has 20 heavy (non-hydrogen) atoms. The van der Waals surface area contributed by atoms with E-state index in [9.17, 15) is 4.79 Å². The van der Waals surface area contributed by atoms with Gasteiger partial charge in [0.2, 0.25) is 5.91 Å². The van der Waals surface area contributed by atoms with Gasteiger partial charge in [0.15, 0.2) is 0 Å². The molecule has 3 heteroatoms. The number of carbonyl (C=O) groups excluding carboxylic acids is 1. The van der Waals surface area contributed by atoms with Crippen LogP contribution in [0, 0.1) is 5.92 Å². The maximum Gasteiger partial charge on any atom is 0.223 e. The second-order valence-corrected chi connectivity index (χ2v) is 6.09. The summed E-state index contributed by atoms with van der Waals surface area (Å²) >= 11 is 0. The second-order valence-electron chi connectivity index (χ2n) is 6.09. The van der Waals surface area contributed by atoms with Gasteiger partial charge in [-0.1, -0.05) is 24.3 Å². The number of aryl methyl sites for hydroxylation is 1. The van der Waals surface area contributed by atoms with E-state index in [0.29, 0.717) is 11.8 Å². The molecule has 2 aliphatic heterocycles. The highest BCUT2D eigenvalue weighted by Crippen LogP contribution is 2.22. The highest BCUT2D eigenvalue weighted by Gasteiger charge is 2.22. The lowest BCUT2D eigenvalue weighted by molar-refractivity contribution is -0.133. The third-order valence-corrected chi connectivity index (χ3v) is 4.63. The van der Waals surface area contributed by atoms with Gasteiger partial charge in [0, 0.05) is 19.5 Å². The summed E-state index contributed by atoms with van der Waals surface area (Å²) in [6.07, 6.45) is 5.23. The van der Waals surface area contributed by atoms with Gasteiger partial charge in [-0.2, -0.15) is 0 Å². The second kappa shape index (κ2) is 6.40. The van der Waals surface area contributed by atoms with E-state index in [1.165, 1.54) is 11.1 Å². The summed E-state index contributed by atoms with van der Waals surface area (Å²) in [5, 5.41) is 3.37. The van der Waals surface area contributed by atoms with Crippen molar-refractivity contribution in [3.63, 3.8) is 0 Å². The molecule has 0 spiro atoms. The van der Waals surface area contributed by atoms with E-state index in [2.05, 4.69) is 34.5 Å². The van der Waals surface area contributed by atoms with Crippen LogP contribution in [0.4, 0.5) is 0 Å². The molecule has 0 aliphatic carbocycles. The van der Waals surface area contributed by atoms with Gasteiger partial charge in [-0.25, -0.2) is 0 Å². The van der Waals surface area contributed by atoms with Gasteiger partial charge in [-0.15, -0.1) is 0 Å². The van der Waals surface area contributed by atoms with E-state index >= 15 is 0 Å². The van der Waals surface area contributed by atoms with E-state index in [4.69, 9.17) is 0 Å². The largest absolute Gasteiger partial charge is 0.338 e. The van der Waals surface area contributed by atoms with Crippen molar-refractivity contribution in [3.05, 3.63) is 35.4 Å². The highest BCUT2D eigenvalue weighted by atomic mass is 16.2. The Bertz CT molecular complexity index is 466. The van der Waals surface area contributed by atoms with Gasteiger partial charge >= 0.3 is 0 Å². The summed E-state index contributed by atoms with van der Waals surface area (Å²) in [6.45, 7) is 3.86. The van der Waals surface area contributed by atoms with E-state index < -0.39 is 0 Å². The zero-order valence-electron chi connectivity index (χ0n) is 12.1. The first-order valence-electron chi connectivity index (χ1n) is 7.88. The van der Waals surface area contributed by atoms with Crippen molar-refractivity contribution < 1.29 is 4.79 Å². The zero-order chi connectivity index (χ0) is 13.8. The predicted octanol–water partition coefficient (Wildman–Crippen LogP) is 2.35. The molecule has 1 amide bonds. The Morgan fingerprint density at radius 2 is 1.95 bits per heavy atom. The fourth-order valence-corrected chi connectivity index (χ4v) is 3.38. The number of fused-ring (bicyclic) bond motifs is 1. The van der Waals surface area contributed by atoms with Gasteiger partial charge in [0.05, 0.1) is 0 Å². The van der Waals surface area contributed by atoms with Gasteiger partial charge in [-0.3, -0.25) is 4.79 Å². The van der Waals surface area contributed by atoms with Crippen molar-refractivity contribution in [1.29, 1.82) is 0 Å². The summed E-state index contributed by atoms with van der Waals surface area (Å²) in [5.74, 6) is 0.941. The molecular weight excluding hydrogens is 248 g/mol.